The molecular formula is C70H46F2N2O4. The second-order valence-corrected chi connectivity index (χ2v) is 21.3. The lowest BCUT2D eigenvalue weighted by Gasteiger charge is -2.31. The number of halogens is 2. The molecule has 4 aromatic heterocycles. The molecule has 78 heavy (non-hydrogen) atoms. The van der Waals surface area contributed by atoms with Crippen molar-refractivity contribution in [2.75, 3.05) is 9.80 Å². The number of nitrogens with zero attached hydrogens (tertiary/aromatic N) is 2. The van der Waals surface area contributed by atoms with Crippen LogP contribution in [0.5, 0.6) is 0 Å². The van der Waals surface area contributed by atoms with Gasteiger partial charge in [-0.15, -0.1) is 0 Å². The summed E-state index contributed by atoms with van der Waals surface area (Å²) in [6.07, 6.45) is 0. The monoisotopic (exact) mass is 1020 g/mol. The third kappa shape index (κ3) is 6.16. The first kappa shape index (κ1) is 44.6. The largest absolute Gasteiger partial charge is 0.454 e. The van der Waals surface area contributed by atoms with Crippen molar-refractivity contribution in [2.45, 2.75) is 39.5 Å². The summed E-state index contributed by atoms with van der Waals surface area (Å²) in [5.74, 6) is -0.663. The molecule has 0 saturated heterocycles. The van der Waals surface area contributed by atoms with Gasteiger partial charge in [0.25, 0.3) is 0 Å². The average molecular weight is 1020 g/mol. The van der Waals surface area contributed by atoms with Crippen molar-refractivity contribution in [2.24, 2.45) is 0 Å². The average Bonchev–Trinajstić information content (AvgIpc) is 4.37. The molecule has 0 aliphatic heterocycles. The highest BCUT2D eigenvalue weighted by Crippen LogP contribution is 2.55. The van der Waals surface area contributed by atoms with Crippen LogP contribution in [0.2, 0.25) is 0 Å². The minimum Gasteiger partial charge on any atom is -0.454 e. The van der Waals surface area contributed by atoms with Gasteiger partial charge < -0.3 is 27.5 Å². The molecule has 0 fully saturated rings. The minimum atomic E-state index is -0.420. The van der Waals surface area contributed by atoms with Gasteiger partial charge in [0.2, 0.25) is 0 Å². The molecule has 16 rings (SSSR count). The van der Waals surface area contributed by atoms with Crippen LogP contribution in [-0.2, 0) is 0 Å². The van der Waals surface area contributed by atoms with E-state index in [9.17, 15) is 0 Å². The van der Waals surface area contributed by atoms with E-state index in [4.69, 9.17) is 17.7 Å². The highest BCUT2D eigenvalue weighted by Gasteiger charge is 2.31. The number of rotatable bonds is 8. The molecule has 0 unspecified atom stereocenters. The third-order valence-corrected chi connectivity index (χ3v) is 16.3. The molecule has 0 spiro atoms. The molecule has 8 heteroatoms. The topological polar surface area (TPSA) is 59.0 Å². The summed E-state index contributed by atoms with van der Waals surface area (Å²) >= 11 is 0. The zero-order chi connectivity index (χ0) is 52.2. The summed E-state index contributed by atoms with van der Waals surface area (Å²) in [5.41, 5.74) is 11.8. The Kier molecular flexibility index (Phi) is 9.39. The molecule has 4 heterocycles. The van der Waals surface area contributed by atoms with E-state index in [0.717, 1.165) is 121 Å². The molecule has 0 amide bonds. The Morgan fingerprint density at radius 3 is 0.974 bits per heavy atom. The Balaban J connectivity index is 1.05. The summed E-state index contributed by atoms with van der Waals surface area (Å²) in [6, 6.07) is 65.0. The first-order chi connectivity index (χ1) is 38.2. The van der Waals surface area contributed by atoms with Crippen molar-refractivity contribution < 1.29 is 26.4 Å². The Bertz CT molecular complexity index is 4850. The SMILES string of the molecule is CC(C)c1cc(N(c2cccc3c2oc2ccccc23)c2cccc3c2oc2c(F)cccc23)c2ccc3c(C(C)C)cc(N(c4cccc5c4oc4ccccc45)c4cccc5c4oc4c(F)cccc45)c4ccc1c2c34. The molecule has 16 aromatic rings. The predicted molar refractivity (Wildman–Crippen MR) is 317 cm³/mol. The van der Waals surface area contributed by atoms with Gasteiger partial charge in [-0.3, -0.25) is 0 Å². The van der Waals surface area contributed by atoms with E-state index in [1.807, 2.05) is 72.8 Å². The van der Waals surface area contributed by atoms with Gasteiger partial charge >= 0.3 is 0 Å². The molecule has 0 aliphatic carbocycles. The van der Waals surface area contributed by atoms with Gasteiger partial charge in [-0.1, -0.05) is 161 Å². The van der Waals surface area contributed by atoms with E-state index in [1.165, 1.54) is 12.1 Å². The maximum Gasteiger partial charge on any atom is 0.171 e. The number of hydrogen-bond acceptors (Lipinski definition) is 6. The number of fused-ring (bicyclic) bond motifs is 12. The highest BCUT2D eigenvalue weighted by atomic mass is 19.1. The Labute approximate surface area is 444 Å². The minimum absolute atomic E-state index is 0.0885. The van der Waals surface area contributed by atoms with Gasteiger partial charge in [0.05, 0.1) is 34.1 Å². The lowest BCUT2D eigenvalue weighted by molar-refractivity contribution is 0.584. The van der Waals surface area contributed by atoms with Crippen molar-refractivity contribution in [1.82, 2.24) is 0 Å². The van der Waals surface area contributed by atoms with Gasteiger partial charge in [-0.25, -0.2) is 8.78 Å². The molecular weight excluding hydrogens is 971 g/mol. The Morgan fingerprint density at radius 2 is 0.590 bits per heavy atom. The van der Waals surface area contributed by atoms with Crippen molar-refractivity contribution in [3.63, 3.8) is 0 Å². The molecule has 6 nitrogen and oxygen atoms in total. The summed E-state index contributed by atoms with van der Waals surface area (Å²) in [5, 5.41) is 13.5. The van der Waals surface area contributed by atoms with Crippen molar-refractivity contribution >= 4 is 154 Å². The summed E-state index contributed by atoms with van der Waals surface area (Å²) < 4.78 is 58.8. The van der Waals surface area contributed by atoms with Crippen LogP contribution in [0.15, 0.2) is 212 Å². The first-order valence-corrected chi connectivity index (χ1v) is 26.6. The van der Waals surface area contributed by atoms with E-state index >= 15 is 8.78 Å². The van der Waals surface area contributed by atoms with E-state index < -0.39 is 11.6 Å². The van der Waals surface area contributed by atoms with E-state index in [2.05, 4.69) is 135 Å². The number of benzene rings is 12. The van der Waals surface area contributed by atoms with Crippen LogP contribution in [0.25, 0.3) is 120 Å². The van der Waals surface area contributed by atoms with Crippen molar-refractivity contribution in [3.8, 4) is 0 Å². The highest BCUT2D eigenvalue weighted by molar-refractivity contribution is 6.31. The van der Waals surface area contributed by atoms with Gasteiger partial charge in [0.15, 0.2) is 45.1 Å². The lowest BCUT2D eigenvalue weighted by Crippen LogP contribution is -2.13. The first-order valence-electron chi connectivity index (χ1n) is 26.6. The second-order valence-electron chi connectivity index (χ2n) is 21.3. The fourth-order valence-corrected chi connectivity index (χ4v) is 12.8. The quantitative estimate of drug-likeness (QED) is 0.141. The van der Waals surface area contributed by atoms with Gasteiger partial charge in [0.1, 0.15) is 11.2 Å². The summed E-state index contributed by atoms with van der Waals surface area (Å²) in [4.78, 5) is 4.54. The molecule has 12 aromatic carbocycles. The van der Waals surface area contributed by atoms with Crippen LogP contribution in [-0.4, -0.2) is 0 Å². The number of anilines is 6. The van der Waals surface area contributed by atoms with Crippen LogP contribution in [0.3, 0.4) is 0 Å². The molecule has 0 bridgehead atoms. The van der Waals surface area contributed by atoms with Crippen LogP contribution in [0.4, 0.5) is 42.9 Å². The molecule has 374 valence electrons. The molecule has 0 radical (unpaired) electrons. The number of furan rings is 4. The predicted octanol–water partition coefficient (Wildman–Crippen LogP) is 21.6. The van der Waals surface area contributed by atoms with E-state index in [1.54, 1.807) is 12.1 Å². The Morgan fingerprint density at radius 1 is 0.282 bits per heavy atom. The Hall–Kier alpha value is -9.66. The zero-order valence-electron chi connectivity index (χ0n) is 42.9. The molecule has 0 N–H and O–H groups in total. The number of hydrogen-bond donors (Lipinski definition) is 0. The van der Waals surface area contributed by atoms with Gasteiger partial charge in [-0.2, -0.15) is 0 Å². The van der Waals surface area contributed by atoms with Crippen LogP contribution >= 0.6 is 0 Å². The molecule has 0 saturated carbocycles. The van der Waals surface area contributed by atoms with Crippen molar-refractivity contribution in [1.29, 1.82) is 0 Å². The molecule has 0 atom stereocenters. The smallest absolute Gasteiger partial charge is 0.171 e. The number of para-hydroxylation sites is 8. The maximum atomic E-state index is 15.8. The maximum absolute atomic E-state index is 15.8. The van der Waals surface area contributed by atoms with Crippen molar-refractivity contribution in [3.05, 3.63) is 217 Å². The summed E-state index contributed by atoms with van der Waals surface area (Å²) in [6.45, 7) is 9.00. The second kappa shape index (κ2) is 16.4. The summed E-state index contributed by atoms with van der Waals surface area (Å²) in [7, 11) is 0. The van der Waals surface area contributed by atoms with Crippen LogP contribution < -0.4 is 9.80 Å². The normalized spacial score (nSPS) is 12.5. The molecule has 0 aliphatic rings. The third-order valence-electron chi connectivity index (χ3n) is 16.3. The van der Waals surface area contributed by atoms with Crippen LogP contribution in [0.1, 0.15) is 50.7 Å². The van der Waals surface area contributed by atoms with Gasteiger partial charge in [-0.05, 0) is 105 Å². The fraction of sp³-hybridized carbons (Fsp3) is 0.0857. The lowest BCUT2D eigenvalue weighted by atomic mass is 9.84. The van der Waals surface area contributed by atoms with E-state index in [-0.39, 0.29) is 23.0 Å². The standard InChI is InChI=1S/C70H46F2N2O4/c1-37(2)51-35-59(73(55-25-11-19-43-39-15-5-7-29-61(39)75-67(43)55)57-27-13-21-47-45-17-9-23-53(71)65(45)77-69(47)57)49-34-32-42-52(38(3)4)36-60(50-33-31-41(51)63(49)64(42)50)74(56-26-12-20-44-40-16-6-8-30-62(40)76-68(44)56)58-28-14-22-48-46-18-10-24-54(72)66(46)78-70(48)58/h5-38H,1-4H3. The fourth-order valence-electron chi connectivity index (χ4n) is 12.8. The zero-order valence-corrected chi connectivity index (χ0v) is 42.9. The van der Waals surface area contributed by atoms with Gasteiger partial charge in [0, 0.05) is 53.9 Å². The van der Waals surface area contributed by atoms with Crippen LogP contribution in [0, 0.1) is 11.6 Å². The van der Waals surface area contributed by atoms with E-state index in [0.29, 0.717) is 33.1 Å².